The predicted octanol–water partition coefficient (Wildman–Crippen LogP) is 5.93. The molecule has 1 aromatic rings. The van der Waals surface area contributed by atoms with E-state index in [-0.39, 0.29) is 0 Å². The molecule has 1 heterocycles. The highest BCUT2D eigenvalue weighted by Crippen LogP contribution is 2.37. The van der Waals surface area contributed by atoms with Crippen molar-refractivity contribution in [1.29, 1.82) is 0 Å². The van der Waals surface area contributed by atoms with Gasteiger partial charge in [0.05, 0.1) is 0 Å². The molecule has 2 unspecified atom stereocenters. The van der Waals surface area contributed by atoms with Crippen molar-refractivity contribution in [3.05, 3.63) is 20.3 Å². The fourth-order valence-corrected chi connectivity index (χ4v) is 4.82. The Kier molecular flexibility index (Phi) is 6.55. The van der Waals surface area contributed by atoms with E-state index in [4.69, 9.17) is 0 Å². The summed E-state index contributed by atoms with van der Waals surface area (Å²) in [5.74, 6) is 0.735. The zero-order valence-corrected chi connectivity index (χ0v) is 15.5. The van der Waals surface area contributed by atoms with Gasteiger partial charge in [-0.15, -0.1) is 11.3 Å². The van der Waals surface area contributed by atoms with Gasteiger partial charge in [0.25, 0.3) is 0 Å². The minimum absolute atomic E-state index is 0.415. The number of aryl methyl sites for hydroxylation is 1. The van der Waals surface area contributed by atoms with E-state index >= 15 is 0 Å². The first-order chi connectivity index (χ1) is 8.73. The van der Waals surface area contributed by atoms with Gasteiger partial charge in [-0.05, 0) is 59.6 Å². The minimum Gasteiger partial charge on any atom is -0.309 e. The van der Waals surface area contributed by atoms with Gasteiger partial charge in [-0.25, -0.2) is 0 Å². The summed E-state index contributed by atoms with van der Waals surface area (Å²) in [5, 5.41) is 3.65. The van der Waals surface area contributed by atoms with E-state index in [1.165, 1.54) is 27.1 Å². The smallest absolute Gasteiger partial charge is 0.0428 e. The Labute approximate surface area is 131 Å². The third-order valence-corrected chi connectivity index (χ3v) is 5.28. The highest BCUT2D eigenvalue weighted by atomic mass is 79.9. The van der Waals surface area contributed by atoms with Gasteiger partial charge in [-0.1, -0.05) is 34.6 Å². The van der Waals surface area contributed by atoms with Crippen molar-refractivity contribution < 1.29 is 0 Å². The highest BCUT2D eigenvalue weighted by molar-refractivity contribution is 9.10. The third-order valence-electron chi connectivity index (χ3n) is 3.20. The lowest BCUT2D eigenvalue weighted by atomic mass is 9.83. The van der Waals surface area contributed by atoms with Crippen LogP contribution < -0.4 is 5.32 Å². The summed E-state index contributed by atoms with van der Waals surface area (Å²) in [7, 11) is 0. The van der Waals surface area contributed by atoms with Gasteiger partial charge in [-0.3, -0.25) is 0 Å². The molecule has 0 bridgehead atoms. The topological polar surface area (TPSA) is 12.0 Å². The Morgan fingerprint density at radius 1 is 1.37 bits per heavy atom. The molecule has 0 saturated carbocycles. The molecule has 3 heteroatoms. The predicted molar refractivity (Wildman–Crippen MR) is 91.0 cm³/mol. The van der Waals surface area contributed by atoms with Crippen molar-refractivity contribution in [3.8, 4) is 0 Å². The highest BCUT2D eigenvalue weighted by Gasteiger charge is 2.22. The summed E-state index contributed by atoms with van der Waals surface area (Å²) in [6, 6.07) is 2.72. The molecule has 0 fully saturated rings. The van der Waals surface area contributed by atoms with Crippen LogP contribution in [-0.4, -0.2) is 6.54 Å². The fourth-order valence-electron chi connectivity index (χ4n) is 2.80. The normalized spacial score (nSPS) is 15.5. The first-order valence-electron chi connectivity index (χ1n) is 7.22. The molecule has 0 aliphatic heterocycles. The molecule has 19 heavy (non-hydrogen) atoms. The van der Waals surface area contributed by atoms with Gasteiger partial charge in [0.1, 0.15) is 0 Å². The van der Waals surface area contributed by atoms with Gasteiger partial charge in [0, 0.05) is 20.3 Å². The molecule has 0 amide bonds. The second-order valence-electron chi connectivity index (χ2n) is 6.79. The van der Waals surface area contributed by atoms with E-state index < -0.39 is 0 Å². The SMILES string of the molecule is CCNC(CC(C)CC(C)(C)C)c1sc(C)cc1Br. The summed E-state index contributed by atoms with van der Waals surface area (Å²) in [6.07, 6.45) is 2.49. The van der Waals surface area contributed by atoms with Crippen molar-refractivity contribution in [2.24, 2.45) is 11.3 Å². The van der Waals surface area contributed by atoms with Gasteiger partial charge >= 0.3 is 0 Å². The average Bonchev–Trinajstić information content (AvgIpc) is 2.54. The van der Waals surface area contributed by atoms with Gasteiger partial charge in [0.15, 0.2) is 0 Å². The van der Waals surface area contributed by atoms with E-state index in [0.717, 1.165) is 12.5 Å². The summed E-state index contributed by atoms with van der Waals surface area (Å²) < 4.78 is 1.27. The lowest BCUT2D eigenvalue weighted by Crippen LogP contribution is -2.24. The van der Waals surface area contributed by atoms with Crippen molar-refractivity contribution in [1.82, 2.24) is 5.32 Å². The fraction of sp³-hybridized carbons (Fsp3) is 0.750. The first kappa shape index (κ1) is 17.2. The number of halogens is 1. The minimum atomic E-state index is 0.415. The van der Waals surface area contributed by atoms with Crippen LogP contribution in [0.2, 0.25) is 0 Å². The van der Waals surface area contributed by atoms with Crippen LogP contribution in [-0.2, 0) is 0 Å². The number of hydrogen-bond donors (Lipinski definition) is 1. The summed E-state index contributed by atoms with van der Waals surface area (Å²) in [4.78, 5) is 2.84. The van der Waals surface area contributed by atoms with Crippen LogP contribution in [0.1, 0.15) is 63.3 Å². The molecular formula is C16H28BrNS. The van der Waals surface area contributed by atoms with Crippen LogP contribution in [0.4, 0.5) is 0 Å². The Bertz CT molecular complexity index is 392. The maximum Gasteiger partial charge on any atom is 0.0428 e. The second kappa shape index (κ2) is 7.24. The summed E-state index contributed by atoms with van der Waals surface area (Å²) in [5.41, 5.74) is 0.415. The zero-order chi connectivity index (χ0) is 14.6. The first-order valence-corrected chi connectivity index (χ1v) is 8.83. The number of hydrogen-bond acceptors (Lipinski definition) is 2. The molecule has 0 radical (unpaired) electrons. The van der Waals surface area contributed by atoms with Crippen molar-refractivity contribution in [2.75, 3.05) is 6.54 Å². The number of nitrogens with one attached hydrogen (secondary N) is 1. The zero-order valence-electron chi connectivity index (χ0n) is 13.1. The van der Waals surface area contributed by atoms with Crippen molar-refractivity contribution in [2.45, 2.75) is 60.4 Å². The molecule has 2 atom stereocenters. The Morgan fingerprint density at radius 2 is 2.00 bits per heavy atom. The molecule has 1 aromatic heterocycles. The van der Waals surface area contributed by atoms with E-state index in [9.17, 15) is 0 Å². The molecule has 0 spiro atoms. The standard InChI is InChI=1S/C16H28BrNS/c1-7-18-14(8-11(2)10-16(4,5)6)15-13(17)9-12(3)19-15/h9,11,14,18H,7-8,10H2,1-6H3. The Balaban J connectivity index is 2.76. The molecule has 0 saturated heterocycles. The Morgan fingerprint density at radius 3 is 2.42 bits per heavy atom. The number of rotatable bonds is 6. The molecule has 110 valence electrons. The summed E-state index contributed by atoms with van der Waals surface area (Å²) in [6.45, 7) is 14.8. The van der Waals surface area contributed by atoms with Crippen molar-refractivity contribution >= 4 is 27.3 Å². The van der Waals surface area contributed by atoms with E-state index in [1.807, 2.05) is 11.3 Å². The average molecular weight is 346 g/mol. The van der Waals surface area contributed by atoms with E-state index in [2.05, 4.69) is 68.9 Å². The quantitative estimate of drug-likeness (QED) is 0.673. The maximum absolute atomic E-state index is 3.71. The summed E-state index contributed by atoms with van der Waals surface area (Å²) >= 11 is 5.62. The second-order valence-corrected chi connectivity index (χ2v) is 8.93. The molecule has 0 aliphatic rings. The molecule has 1 N–H and O–H groups in total. The van der Waals surface area contributed by atoms with Crippen LogP contribution in [0.3, 0.4) is 0 Å². The van der Waals surface area contributed by atoms with E-state index in [0.29, 0.717) is 11.5 Å². The van der Waals surface area contributed by atoms with Crippen molar-refractivity contribution in [3.63, 3.8) is 0 Å². The van der Waals surface area contributed by atoms with Crippen LogP contribution in [0.5, 0.6) is 0 Å². The van der Waals surface area contributed by atoms with Gasteiger partial charge in [0.2, 0.25) is 0 Å². The maximum atomic E-state index is 3.71. The van der Waals surface area contributed by atoms with Crippen LogP contribution in [0, 0.1) is 18.3 Å². The number of thiophene rings is 1. The van der Waals surface area contributed by atoms with Crippen LogP contribution in [0.15, 0.2) is 10.5 Å². The van der Waals surface area contributed by atoms with Gasteiger partial charge in [-0.2, -0.15) is 0 Å². The Hall–Kier alpha value is 0.140. The monoisotopic (exact) mass is 345 g/mol. The molecule has 1 nitrogen and oxygen atoms in total. The third kappa shape index (κ3) is 5.97. The largest absolute Gasteiger partial charge is 0.309 e. The van der Waals surface area contributed by atoms with Crippen LogP contribution in [0.25, 0.3) is 0 Å². The lowest BCUT2D eigenvalue weighted by Gasteiger charge is -2.27. The molecule has 0 aliphatic carbocycles. The molecular weight excluding hydrogens is 318 g/mol. The van der Waals surface area contributed by atoms with E-state index in [1.54, 1.807) is 0 Å². The molecule has 0 aromatic carbocycles. The van der Waals surface area contributed by atoms with Gasteiger partial charge < -0.3 is 5.32 Å². The molecule has 1 rings (SSSR count). The van der Waals surface area contributed by atoms with Crippen LogP contribution >= 0.6 is 27.3 Å². The lowest BCUT2D eigenvalue weighted by molar-refractivity contribution is 0.277.